The van der Waals surface area contributed by atoms with Crippen molar-refractivity contribution in [3.63, 3.8) is 0 Å². The fourth-order valence-corrected chi connectivity index (χ4v) is 2.78. The summed E-state index contributed by atoms with van der Waals surface area (Å²) in [6.07, 6.45) is 4.49. The minimum Gasteiger partial charge on any atom is -0.357 e. The number of hydrogen-bond donors (Lipinski definition) is 0. The van der Waals surface area contributed by atoms with Crippen LogP contribution in [-0.2, 0) is 6.54 Å². The molecular weight excluding hydrogens is 274 g/mol. The molecule has 1 aromatic heterocycles. The van der Waals surface area contributed by atoms with E-state index in [0.29, 0.717) is 6.54 Å². The summed E-state index contributed by atoms with van der Waals surface area (Å²) in [4.78, 5) is 15.7. The van der Waals surface area contributed by atoms with E-state index in [1.54, 1.807) is 0 Å². The van der Waals surface area contributed by atoms with Gasteiger partial charge >= 0.3 is 0 Å². The monoisotopic (exact) mass is 303 g/mol. The topological polar surface area (TPSA) is 35.0 Å². The van der Waals surface area contributed by atoms with Gasteiger partial charge in [0.1, 0.15) is 5.82 Å². The van der Waals surface area contributed by atoms with Crippen molar-refractivity contribution in [1.29, 1.82) is 0 Å². The zero-order valence-corrected chi connectivity index (χ0v) is 14.6. The molecule has 0 spiro atoms. The van der Waals surface area contributed by atoms with Crippen molar-refractivity contribution in [2.24, 2.45) is 10.9 Å². The van der Waals surface area contributed by atoms with E-state index < -0.39 is 0 Å². The van der Waals surface area contributed by atoms with E-state index in [1.807, 2.05) is 44.2 Å². The number of aromatic nitrogens is 1. The second kappa shape index (κ2) is 7.47. The summed E-state index contributed by atoms with van der Waals surface area (Å²) < 4.78 is 0. The van der Waals surface area contributed by atoms with E-state index in [-0.39, 0.29) is 0 Å². The van der Waals surface area contributed by atoms with Gasteiger partial charge in [0.25, 0.3) is 0 Å². The molecule has 1 saturated heterocycles. The number of nitrogens with zero attached hydrogens (tertiary/aromatic N) is 5. The van der Waals surface area contributed by atoms with Gasteiger partial charge in [-0.2, -0.15) is 0 Å². The SMILES string of the molecule is CC1CCN(c2ccc(CN=C(N(C)C)N(C)C)cn2)CC1. The third-order valence-electron chi connectivity index (χ3n) is 4.12. The maximum absolute atomic E-state index is 4.66. The molecular formula is C17H29N5. The van der Waals surface area contributed by atoms with Crippen LogP contribution in [0.25, 0.3) is 0 Å². The molecule has 0 aliphatic carbocycles. The van der Waals surface area contributed by atoms with Crippen molar-refractivity contribution in [2.75, 3.05) is 46.2 Å². The average Bonchev–Trinajstić information content (AvgIpc) is 2.48. The van der Waals surface area contributed by atoms with E-state index in [1.165, 1.54) is 12.8 Å². The van der Waals surface area contributed by atoms with Crippen molar-refractivity contribution in [1.82, 2.24) is 14.8 Å². The highest BCUT2D eigenvalue weighted by molar-refractivity contribution is 5.79. The van der Waals surface area contributed by atoms with Crippen molar-refractivity contribution < 1.29 is 0 Å². The molecule has 122 valence electrons. The lowest BCUT2D eigenvalue weighted by Gasteiger charge is -2.31. The molecule has 22 heavy (non-hydrogen) atoms. The average molecular weight is 303 g/mol. The summed E-state index contributed by atoms with van der Waals surface area (Å²) in [5.41, 5.74) is 1.15. The van der Waals surface area contributed by atoms with Gasteiger partial charge in [-0.25, -0.2) is 9.98 Å². The quantitative estimate of drug-likeness (QED) is 0.634. The molecule has 2 rings (SSSR count). The zero-order chi connectivity index (χ0) is 16.1. The zero-order valence-electron chi connectivity index (χ0n) is 14.6. The summed E-state index contributed by atoms with van der Waals surface area (Å²) in [5, 5.41) is 0. The Kier molecular flexibility index (Phi) is 5.63. The molecule has 0 N–H and O–H groups in total. The van der Waals surface area contributed by atoms with Gasteiger partial charge in [0.15, 0.2) is 5.96 Å². The van der Waals surface area contributed by atoms with Crippen LogP contribution in [0.1, 0.15) is 25.3 Å². The standard InChI is InChI=1S/C17H29N5/c1-14-8-10-22(11-9-14)16-7-6-15(12-18-16)13-19-17(20(2)3)21(4)5/h6-7,12,14H,8-11,13H2,1-5H3. The molecule has 0 unspecified atom stereocenters. The van der Waals surface area contributed by atoms with Crippen LogP contribution in [0.5, 0.6) is 0 Å². The first-order valence-corrected chi connectivity index (χ1v) is 8.06. The maximum Gasteiger partial charge on any atom is 0.195 e. The van der Waals surface area contributed by atoms with Crippen molar-refractivity contribution in [2.45, 2.75) is 26.3 Å². The largest absolute Gasteiger partial charge is 0.357 e. The number of hydrogen-bond acceptors (Lipinski definition) is 3. The third-order valence-corrected chi connectivity index (χ3v) is 4.12. The lowest BCUT2D eigenvalue weighted by atomic mass is 9.99. The Balaban J connectivity index is 1.98. The first kappa shape index (κ1) is 16.6. The molecule has 5 heteroatoms. The maximum atomic E-state index is 4.66. The molecule has 1 fully saturated rings. The highest BCUT2D eigenvalue weighted by Crippen LogP contribution is 2.21. The van der Waals surface area contributed by atoms with Gasteiger partial charge in [-0.1, -0.05) is 13.0 Å². The summed E-state index contributed by atoms with van der Waals surface area (Å²) >= 11 is 0. The Morgan fingerprint density at radius 3 is 2.32 bits per heavy atom. The van der Waals surface area contributed by atoms with Crippen molar-refractivity contribution in [3.8, 4) is 0 Å². The molecule has 1 aliphatic heterocycles. The summed E-state index contributed by atoms with van der Waals surface area (Å²) in [7, 11) is 8.05. The molecule has 5 nitrogen and oxygen atoms in total. The molecule has 0 radical (unpaired) electrons. The van der Waals surface area contributed by atoms with Crippen LogP contribution in [0.15, 0.2) is 23.3 Å². The van der Waals surface area contributed by atoms with Crippen LogP contribution in [0, 0.1) is 5.92 Å². The molecule has 1 aromatic rings. The van der Waals surface area contributed by atoms with Gasteiger partial charge in [0.2, 0.25) is 0 Å². The summed E-state index contributed by atoms with van der Waals surface area (Å²) in [6.45, 7) is 5.24. The van der Waals surface area contributed by atoms with Gasteiger partial charge in [0, 0.05) is 47.5 Å². The van der Waals surface area contributed by atoms with E-state index in [4.69, 9.17) is 0 Å². The normalized spacial score (nSPS) is 15.6. The van der Waals surface area contributed by atoms with Crippen LogP contribution >= 0.6 is 0 Å². The number of guanidine groups is 1. The minimum absolute atomic E-state index is 0.663. The fourth-order valence-electron chi connectivity index (χ4n) is 2.78. The number of aliphatic imine (C=N–C) groups is 1. The molecule has 2 heterocycles. The highest BCUT2D eigenvalue weighted by Gasteiger charge is 2.16. The van der Waals surface area contributed by atoms with Gasteiger partial charge in [-0.15, -0.1) is 0 Å². The van der Waals surface area contributed by atoms with E-state index >= 15 is 0 Å². The Labute approximate surface area is 134 Å². The summed E-state index contributed by atoms with van der Waals surface area (Å²) in [6, 6.07) is 4.28. The Morgan fingerprint density at radius 2 is 1.82 bits per heavy atom. The predicted molar refractivity (Wildman–Crippen MR) is 93.4 cm³/mol. The van der Waals surface area contributed by atoms with Crippen LogP contribution < -0.4 is 4.90 Å². The van der Waals surface area contributed by atoms with E-state index in [2.05, 4.69) is 33.9 Å². The van der Waals surface area contributed by atoms with Crippen molar-refractivity contribution >= 4 is 11.8 Å². The Morgan fingerprint density at radius 1 is 1.18 bits per heavy atom. The Hall–Kier alpha value is -1.78. The second-order valence-corrected chi connectivity index (χ2v) is 6.60. The van der Waals surface area contributed by atoms with E-state index in [9.17, 15) is 0 Å². The first-order valence-electron chi connectivity index (χ1n) is 8.06. The second-order valence-electron chi connectivity index (χ2n) is 6.60. The number of rotatable bonds is 3. The molecule has 1 aliphatic rings. The number of piperidine rings is 1. The molecule has 0 bridgehead atoms. The van der Waals surface area contributed by atoms with Gasteiger partial charge in [-0.3, -0.25) is 0 Å². The fraction of sp³-hybridized carbons (Fsp3) is 0.647. The molecule has 0 saturated carbocycles. The number of pyridine rings is 1. The third kappa shape index (κ3) is 4.36. The first-order chi connectivity index (χ1) is 10.5. The van der Waals surface area contributed by atoms with Crippen LogP contribution in [0.4, 0.5) is 5.82 Å². The minimum atomic E-state index is 0.663. The van der Waals surface area contributed by atoms with Crippen LogP contribution in [-0.4, -0.2) is 62.0 Å². The summed E-state index contributed by atoms with van der Waals surface area (Å²) in [5.74, 6) is 2.91. The molecule has 0 amide bonds. The number of anilines is 1. The highest BCUT2D eigenvalue weighted by atomic mass is 15.3. The smallest absolute Gasteiger partial charge is 0.195 e. The van der Waals surface area contributed by atoms with Gasteiger partial charge in [-0.05, 0) is 30.4 Å². The van der Waals surface area contributed by atoms with Crippen LogP contribution in [0.2, 0.25) is 0 Å². The molecule has 0 atom stereocenters. The van der Waals surface area contributed by atoms with Gasteiger partial charge in [0.05, 0.1) is 6.54 Å². The van der Waals surface area contributed by atoms with Gasteiger partial charge < -0.3 is 14.7 Å². The van der Waals surface area contributed by atoms with E-state index in [0.717, 1.165) is 36.3 Å². The lowest BCUT2D eigenvalue weighted by Crippen LogP contribution is -2.35. The van der Waals surface area contributed by atoms with Crippen LogP contribution in [0.3, 0.4) is 0 Å². The predicted octanol–water partition coefficient (Wildman–Crippen LogP) is 2.30. The Bertz CT molecular complexity index is 474. The lowest BCUT2D eigenvalue weighted by molar-refractivity contribution is 0.436. The molecule has 0 aromatic carbocycles. The van der Waals surface area contributed by atoms with Crippen molar-refractivity contribution in [3.05, 3.63) is 23.9 Å².